The Labute approximate surface area is 128 Å². The van der Waals surface area contributed by atoms with E-state index in [0.29, 0.717) is 6.79 Å². The fraction of sp³-hybridized carbons (Fsp3) is 0.909. The van der Waals surface area contributed by atoms with Crippen molar-refractivity contribution >= 4 is 23.1 Å². The third-order valence-corrected chi connectivity index (χ3v) is 1.99. The molecule has 0 amide bonds. The molecule has 88 valence electrons. The fourth-order valence-corrected chi connectivity index (χ4v) is 1.26. The minimum absolute atomic E-state index is 0. The van der Waals surface area contributed by atoms with Crippen molar-refractivity contribution in [3.63, 3.8) is 0 Å². The molecule has 1 atom stereocenters. The Hall–Kier alpha value is 1.42. The molecule has 0 aliphatic carbocycles. The van der Waals surface area contributed by atoms with E-state index in [9.17, 15) is 0 Å². The molecule has 0 saturated heterocycles. The molecule has 4 heteroatoms. The molecule has 0 aliphatic heterocycles. The SMILES string of the molecule is C[CH-]CC(C)CCCOCOCC.[I-].[Mg+2]. The third-order valence-electron chi connectivity index (χ3n) is 1.99. The predicted molar refractivity (Wildman–Crippen MR) is 61.2 cm³/mol. The second kappa shape index (κ2) is 17.8. The van der Waals surface area contributed by atoms with Crippen LogP contribution in [0.1, 0.15) is 40.0 Å². The van der Waals surface area contributed by atoms with Gasteiger partial charge in [-0.2, -0.15) is 13.3 Å². The summed E-state index contributed by atoms with van der Waals surface area (Å²) < 4.78 is 10.3. The van der Waals surface area contributed by atoms with E-state index in [-0.39, 0.29) is 47.0 Å². The van der Waals surface area contributed by atoms with Crippen LogP contribution in [0.15, 0.2) is 0 Å². The molecule has 0 rings (SSSR count). The van der Waals surface area contributed by atoms with Crippen LogP contribution in [0.2, 0.25) is 0 Å². The van der Waals surface area contributed by atoms with E-state index < -0.39 is 0 Å². The molecule has 0 N–H and O–H groups in total. The van der Waals surface area contributed by atoms with E-state index >= 15 is 0 Å². The monoisotopic (exact) mass is 338 g/mol. The van der Waals surface area contributed by atoms with Crippen LogP contribution < -0.4 is 24.0 Å². The number of hydrogen-bond donors (Lipinski definition) is 0. The molecule has 0 aromatic rings. The Morgan fingerprint density at radius 1 is 1.27 bits per heavy atom. The van der Waals surface area contributed by atoms with Crippen LogP contribution >= 0.6 is 0 Å². The zero-order valence-electron chi connectivity index (χ0n) is 10.3. The van der Waals surface area contributed by atoms with Crippen molar-refractivity contribution in [2.45, 2.75) is 40.0 Å². The molecule has 0 saturated carbocycles. The number of ether oxygens (including phenoxy) is 2. The van der Waals surface area contributed by atoms with E-state index in [1.54, 1.807) is 0 Å². The zero-order valence-corrected chi connectivity index (χ0v) is 13.9. The van der Waals surface area contributed by atoms with Crippen molar-refractivity contribution in [1.82, 2.24) is 0 Å². The van der Waals surface area contributed by atoms with Crippen molar-refractivity contribution in [3.05, 3.63) is 6.42 Å². The number of rotatable bonds is 9. The van der Waals surface area contributed by atoms with Crippen molar-refractivity contribution < 1.29 is 33.5 Å². The van der Waals surface area contributed by atoms with Gasteiger partial charge in [-0.1, -0.05) is 19.3 Å². The van der Waals surface area contributed by atoms with Crippen LogP contribution in [-0.2, 0) is 9.47 Å². The fourth-order valence-electron chi connectivity index (χ4n) is 1.26. The van der Waals surface area contributed by atoms with Gasteiger partial charge in [0.2, 0.25) is 0 Å². The van der Waals surface area contributed by atoms with Crippen molar-refractivity contribution in [3.8, 4) is 0 Å². The molecule has 0 heterocycles. The topological polar surface area (TPSA) is 18.5 Å². The summed E-state index contributed by atoms with van der Waals surface area (Å²) in [7, 11) is 0. The molecule has 0 bridgehead atoms. The minimum Gasteiger partial charge on any atom is -1.00 e. The Balaban J connectivity index is -0.000000720. The molecule has 0 radical (unpaired) electrons. The Bertz CT molecular complexity index is 105. The van der Waals surface area contributed by atoms with Gasteiger partial charge in [0, 0.05) is 13.2 Å². The van der Waals surface area contributed by atoms with E-state index in [4.69, 9.17) is 9.47 Å². The van der Waals surface area contributed by atoms with Crippen molar-refractivity contribution in [2.24, 2.45) is 5.92 Å². The molecule has 2 nitrogen and oxygen atoms in total. The molecule has 0 aromatic heterocycles. The molecule has 0 spiro atoms. The van der Waals surface area contributed by atoms with Gasteiger partial charge in [-0.15, -0.1) is 0 Å². The maximum atomic E-state index is 5.27. The minimum atomic E-state index is 0. The maximum absolute atomic E-state index is 5.27. The van der Waals surface area contributed by atoms with Crippen LogP contribution in [0.3, 0.4) is 0 Å². The molecule has 1 unspecified atom stereocenters. The summed E-state index contributed by atoms with van der Waals surface area (Å²) in [4.78, 5) is 0. The summed E-state index contributed by atoms with van der Waals surface area (Å²) in [6, 6.07) is 0. The standard InChI is InChI=1S/C11H23O2.HI.Mg/c1-4-7-11(3)8-6-9-13-10-12-5-2;;/h4,11H,5-10H2,1-3H3;1H;/q-1;;+2/p-1. The largest absolute Gasteiger partial charge is 2.00 e. The molecule has 0 fully saturated rings. The van der Waals surface area contributed by atoms with Gasteiger partial charge in [0.25, 0.3) is 0 Å². The summed E-state index contributed by atoms with van der Waals surface area (Å²) in [6.07, 6.45) is 5.83. The molecule has 0 aliphatic rings. The third kappa shape index (κ3) is 18.0. The number of hydrogen-bond acceptors (Lipinski definition) is 2. The van der Waals surface area contributed by atoms with Crippen molar-refractivity contribution in [1.29, 1.82) is 0 Å². The van der Waals surface area contributed by atoms with Gasteiger partial charge in [-0.25, -0.2) is 0 Å². The average molecular weight is 339 g/mol. The molecular formula is C11H23IMgO2. The van der Waals surface area contributed by atoms with E-state index in [2.05, 4.69) is 20.3 Å². The first-order chi connectivity index (χ1) is 6.31. The van der Waals surface area contributed by atoms with Crippen LogP contribution in [0.4, 0.5) is 0 Å². The first kappa shape index (κ1) is 21.7. The number of halogens is 1. The second-order valence-corrected chi connectivity index (χ2v) is 3.41. The van der Waals surface area contributed by atoms with Gasteiger partial charge < -0.3 is 39.9 Å². The first-order valence-corrected chi connectivity index (χ1v) is 5.24. The normalized spacial score (nSPS) is 11.4. The summed E-state index contributed by atoms with van der Waals surface area (Å²) in [5.74, 6) is 0.792. The maximum Gasteiger partial charge on any atom is 2.00 e. The van der Waals surface area contributed by atoms with Gasteiger partial charge in [0.05, 0.1) is 0 Å². The molecule has 0 aromatic carbocycles. The molecular weight excluding hydrogens is 315 g/mol. The van der Waals surface area contributed by atoms with E-state index in [0.717, 1.165) is 25.6 Å². The molecule has 15 heavy (non-hydrogen) atoms. The average Bonchev–Trinajstić information content (AvgIpc) is 2.11. The zero-order chi connectivity index (χ0) is 9.94. The summed E-state index contributed by atoms with van der Waals surface area (Å²) in [5.41, 5.74) is 0. The van der Waals surface area contributed by atoms with Gasteiger partial charge >= 0.3 is 23.1 Å². The van der Waals surface area contributed by atoms with E-state index in [1.165, 1.54) is 12.8 Å². The van der Waals surface area contributed by atoms with Crippen LogP contribution in [0.25, 0.3) is 0 Å². The van der Waals surface area contributed by atoms with Crippen LogP contribution in [0.5, 0.6) is 0 Å². The van der Waals surface area contributed by atoms with Gasteiger partial charge in [0.15, 0.2) is 0 Å². The van der Waals surface area contributed by atoms with Crippen LogP contribution in [0, 0.1) is 12.3 Å². The summed E-state index contributed by atoms with van der Waals surface area (Å²) >= 11 is 0. The van der Waals surface area contributed by atoms with Crippen LogP contribution in [-0.4, -0.2) is 43.1 Å². The van der Waals surface area contributed by atoms with E-state index in [1.807, 2.05) is 6.92 Å². The quantitative estimate of drug-likeness (QED) is 0.188. The second-order valence-electron chi connectivity index (χ2n) is 3.41. The first-order valence-electron chi connectivity index (χ1n) is 5.24. The van der Waals surface area contributed by atoms with Gasteiger partial charge in [-0.05, 0) is 13.3 Å². The Morgan fingerprint density at radius 3 is 2.47 bits per heavy atom. The summed E-state index contributed by atoms with van der Waals surface area (Å²) in [5, 5.41) is 0. The summed E-state index contributed by atoms with van der Waals surface area (Å²) in [6.45, 7) is 8.38. The Morgan fingerprint density at radius 2 is 1.93 bits per heavy atom. The predicted octanol–water partition coefficient (Wildman–Crippen LogP) is -0.349. The smallest absolute Gasteiger partial charge is 1.00 e. The van der Waals surface area contributed by atoms with Crippen molar-refractivity contribution in [2.75, 3.05) is 20.0 Å². The van der Waals surface area contributed by atoms with Gasteiger partial charge in [0.1, 0.15) is 6.79 Å². The van der Waals surface area contributed by atoms with Gasteiger partial charge in [-0.3, -0.25) is 0 Å². The Kier molecular flexibility index (Phi) is 25.7.